The molecule has 2 aromatic rings. The number of benzene rings is 1. The molecule has 5 nitrogen and oxygen atoms in total. The van der Waals surface area contributed by atoms with E-state index in [0.717, 1.165) is 43.3 Å². The summed E-state index contributed by atoms with van der Waals surface area (Å²) in [6.45, 7) is 6.39. The highest BCUT2D eigenvalue weighted by atomic mass is 32.2. The molecule has 0 aliphatic heterocycles. The standard InChI is InChI=1S/C25H35F3N2O3S2/c1-17(11-23(32)33)18-12-19(25(26,27)28)14-22(13-18)35-30(4)16-20(31)15-29-24(2,3)9-5-7-21-8-6-10-34-21/h6,8,10,12-14,17,20,29,31H,5,7,9,11,15-16H2,1-4H3,(H,32,33)/t17?,20-/m1/s1. The number of nitrogens with zero attached hydrogens (tertiary/aromatic N) is 1. The number of aliphatic hydroxyl groups is 1. The van der Waals surface area contributed by atoms with Crippen molar-refractivity contribution in [3.8, 4) is 0 Å². The molecular formula is C25H35F3N2O3S2. The Bertz CT molecular complexity index is 937. The van der Waals surface area contributed by atoms with Crippen LogP contribution in [0.5, 0.6) is 0 Å². The van der Waals surface area contributed by atoms with Crippen LogP contribution >= 0.6 is 23.3 Å². The van der Waals surface area contributed by atoms with Gasteiger partial charge in [0, 0.05) is 28.4 Å². The van der Waals surface area contributed by atoms with Gasteiger partial charge in [0.1, 0.15) is 0 Å². The molecule has 0 amide bonds. The maximum Gasteiger partial charge on any atom is 0.416 e. The van der Waals surface area contributed by atoms with Gasteiger partial charge in [-0.3, -0.25) is 4.79 Å². The first-order valence-corrected chi connectivity index (χ1v) is 13.2. The van der Waals surface area contributed by atoms with Crippen molar-refractivity contribution in [2.75, 3.05) is 20.1 Å². The molecule has 0 saturated carbocycles. The lowest BCUT2D eigenvalue weighted by atomic mass is 9.96. The van der Waals surface area contributed by atoms with E-state index < -0.39 is 29.7 Å². The average Bonchev–Trinajstić information content (AvgIpc) is 3.24. The van der Waals surface area contributed by atoms with Crippen LogP contribution in [0.4, 0.5) is 13.2 Å². The fourth-order valence-corrected chi connectivity index (χ4v) is 5.45. The van der Waals surface area contributed by atoms with Gasteiger partial charge in [0.2, 0.25) is 0 Å². The Morgan fingerprint density at radius 1 is 1.26 bits per heavy atom. The number of hydrogen-bond acceptors (Lipinski definition) is 6. The third-order valence-corrected chi connectivity index (χ3v) is 7.50. The van der Waals surface area contributed by atoms with Crippen LogP contribution in [0.1, 0.15) is 62.0 Å². The van der Waals surface area contributed by atoms with Crippen molar-refractivity contribution in [1.82, 2.24) is 9.62 Å². The second kappa shape index (κ2) is 13.1. The zero-order valence-corrected chi connectivity index (χ0v) is 22.2. The van der Waals surface area contributed by atoms with E-state index in [1.54, 1.807) is 35.7 Å². The van der Waals surface area contributed by atoms with E-state index in [9.17, 15) is 23.1 Å². The van der Waals surface area contributed by atoms with Crippen molar-refractivity contribution in [3.05, 3.63) is 51.7 Å². The summed E-state index contributed by atoms with van der Waals surface area (Å²) in [6, 6.07) is 7.83. The molecule has 0 spiro atoms. The number of β-amino-alcohol motifs (C(OH)–C–C–N with tert-alkyl or cyclic N) is 1. The molecule has 3 N–H and O–H groups in total. The molecule has 1 aromatic carbocycles. The van der Waals surface area contributed by atoms with Gasteiger partial charge in [0.25, 0.3) is 0 Å². The number of carbonyl (C=O) groups is 1. The number of likely N-dealkylation sites (N-methyl/N-ethyl adjacent to an activating group) is 1. The van der Waals surface area contributed by atoms with E-state index in [2.05, 4.69) is 30.6 Å². The van der Waals surface area contributed by atoms with Crippen LogP contribution in [0.3, 0.4) is 0 Å². The minimum absolute atomic E-state index is 0.153. The molecular weight excluding hydrogens is 497 g/mol. The molecule has 196 valence electrons. The molecule has 10 heteroatoms. The fraction of sp³-hybridized carbons (Fsp3) is 0.560. The second-order valence-electron chi connectivity index (χ2n) is 9.54. The SMILES string of the molecule is CC(CC(=O)O)c1cc(SN(C)C[C@H](O)CNC(C)(C)CCCc2cccs2)cc(C(F)(F)F)c1. The van der Waals surface area contributed by atoms with E-state index in [4.69, 9.17) is 5.11 Å². The van der Waals surface area contributed by atoms with Gasteiger partial charge in [-0.05, 0) is 93.2 Å². The smallest absolute Gasteiger partial charge is 0.416 e. The van der Waals surface area contributed by atoms with Crippen LogP contribution in [-0.4, -0.2) is 52.3 Å². The summed E-state index contributed by atoms with van der Waals surface area (Å²) in [5, 5.41) is 25.0. The summed E-state index contributed by atoms with van der Waals surface area (Å²) in [7, 11) is 1.71. The zero-order chi connectivity index (χ0) is 26.2. The third-order valence-electron chi connectivity index (χ3n) is 5.66. The van der Waals surface area contributed by atoms with Gasteiger partial charge in [-0.2, -0.15) is 13.2 Å². The number of thiophene rings is 1. The van der Waals surface area contributed by atoms with Gasteiger partial charge in [0.05, 0.1) is 18.1 Å². The number of carboxylic acid groups (broad SMARTS) is 1. The van der Waals surface area contributed by atoms with Crippen LogP contribution in [0, 0.1) is 0 Å². The van der Waals surface area contributed by atoms with Crippen LogP contribution in [0.15, 0.2) is 40.6 Å². The molecule has 0 aliphatic carbocycles. The van der Waals surface area contributed by atoms with Gasteiger partial charge in [-0.1, -0.05) is 13.0 Å². The molecule has 0 fully saturated rings. The van der Waals surface area contributed by atoms with Crippen molar-refractivity contribution in [2.24, 2.45) is 0 Å². The highest BCUT2D eigenvalue weighted by Gasteiger charge is 2.32. The molecule has 2 rings (SSSR count). The van der Waals surface area contributed by atoms with Crippen LogP contribution in [-0.2, 0) is 17.4 Å². The number of aliphatic carboxylic acids is 1. The number of carboxylic acids is 1. The van der Waals surface area contributed by atoms with Crippen molar-refractivity contribution in [1.29, 1.82) is 0 Å². The highest BCUT2D eigenvalue weighted by molar-refractivity contribution is 7.97. The van der Waals surface area contributed by atoms with Gasteiger partial charge in [-0.25, -0.2) is 4.31 Å². The fourth-order valence-electron chi connectivity index (χ4n) is 3.72. The monoisotopic (exact) mass is 532 g/mol. The Labute approximate surface area is 213 Å². The summed E-state index contributed by atoms with van der Waals surface area (Å²) in [5.41, 5.74) is -0.639. The van der Waals surface area contributed by atoms with E-state index in [1.807, 2.05) is 6.07 Å². The molecule has 1 aromatic heterocycles. The predicted molar refractivity (Wildman–Crippen MR) is 136 cm³/mol. The van der Waals surface area contributed by atoms with Crippen molar-refractivity contribution in [3.63, 3.8) is 0 Å². The zero-order valence-electron chi connectivity index (χ0n) is 20.6. The number of halogens is 3. The molecule has 35 heavy (non-hydrogen) atoms. The Kier molecular flexibility index (Phi) is 11.1. The van der Waals surface area contributed by atoms with Gasteiger partial charge < -0.3 is 15.5 Å². The number of aryl methyl sites for hydroxylation is 1. The lowest BCUT2D eigenvalue weighted by Crippen LogP contribution is -2.45. The highest BCUT2D eigenvalue weighted by Crippen LogP contribution is 2.36. The molecule has 2 atom stereocenters. The van der Waals surface area contributed by atoms with Crippen LogP contribution in [0.25, 0.3) is 0 Å². The summed E-state index contributed by atoms with van der Waals surface area (Å²) < 4.78 is 41.9. The van der Waals surface area contributed by atoms with Crippen molar-refractivity contribution >= 4 is 29.3 Å². The quantitative estimate of drug-likeness (QED) is 0.258. The first kappa shape index (κ1) is 29.6. The number of alkyl halides is 3. The second-order valence-corrected chi connectivity index (χ2v) is 11.9. The first-order valence-electron chi connectivity index (χ1n) is 11.5. The van der Waals surface area contributed by atoms with E-state index in [1.165, 1.54) is 4.88 Å². The Hall–Kier alpha value is -1.59. The van der Waals surface area contributed by atoms with E-state index in [0.29, 0.717) is 17.0 Å². The minimum atomic E-state index is -4.54. The van der Waals surface area contributed by atoms with Crippen molar-refractivity contribution in [2.45, 2.75) is 75.1 Å². The van der Waals surface area contributed by atoms with Gasteiger partial charge in [0.15, 0.2) is 0 Å². The normalized spacial score (nSPS) is 14.3. The number of nitrogens with one attached hydrogen (secondary N) is 1. The van der Waals surface area contributed by atoms with Crippen molar-refractivity contribution < 1.29 is 28.2 Å². The maximum atomic E-state index is 13.4. The Morgan fingerprint density at radius 2 is 1.97 bits per heavy atom. The number of hydrogen-bond donors (Lipinski definition) is 3. The predicted octanol–water partition coefficient (Wildman–Crippen LogP) is 6.04. The molecule has 0 saturated heterocycles. The van der Waals surface area contributed by atoms with E-state index in [-0.39, 0.29) is 18.5 Å². The van der Waals surface area contributed by atoms with Crippen LogP contribution < -0.4 is 5.32 Å². The lowest BCUT2D eigenvalue weighted by molar-refractivity contribution is -0.138. The molecule has 1 unspecified atom stereocenters. The third kappa shape index (κ3) is 10.9. The summed E-state index contributed by atoms with van der Waals surface area (Å²) >= 11 is 2.85. The molecule has 1 heterocycles. The van der Waals surface area contributed by atoms with Crippen LogP contribution in [0.2, 0.25) is 0 Å². The molecule has 0 radical (unpaired) electrons. The average molecular weight is 533 g/mol. The summed E-state index contributed by atoms with van der Waals surface area (Å²) in [4.78, 5) is 12.7. The van der Waals surface area contributed by atoms with Gasteiger partial charge >= 0.3 is 12.1 Å². The van der Waals surface area contributed by atoms with E-state index >= 15 is 0 Å². The maximum absolute atomic E-state index is 13.4. The Morgan fingerprint density at radius 3 is 2.57 bits per heavy atom. The number of rotatable bonds is 14. The number of aliphatic hydroxyl groups excluding tert-OH is 1. The lowest BCUT2D eigenvalue weighted by Gasteiger charge is -2.29. The van der Waals surface area contributed by atoms with Gasteiger partial charge in [-0.15, -0.1) is 11.3 Å². The minimum Gasteiger partial charge on any atom is -0.481 e. The molecule has 0 aliphatic rings. The summed E-state index contributed by atoms with van der Waals surface area (Å²) in [5.74, 6) is -1.62. The molecule has 0 bridgehead atoms. The Balaban J connectivity index is 1.91. The largest absolute Gasteiger partial charge is 0.481 e. The summed E-state index contributed by atoms with van der Waals surface area (Å²) in [6.07, 6.45) is -2.50. The first-order chi connectivity index (χ1) is 16.2. The topological polar surface area (TPSA) is 72.8 Å².